The third kappa shape index (κ3) is 1.20. The number of allylic oxidation sites excluding steroid dienone is 2. The third-order valence-electron chi connectivity index (χ3n) is 4.26. The van der Waals surface area contributed by atoms with E-state index in [9.17, 15) is 0 Å². The number of hydrogen-bond acceptors (Lipinski definition) is 1. The molecule has 3 rings (SSSR count). The summed E-state index contributed by atoms with van der Waals surface area (Å²) in [6, 6.07) is 0. The Morgan fingerprint density at radius 2 is 2.38 bits per heavy atom. The van der Waals surface area contributed by atoms with E-state index in [0.717, 1.165) is 11.2 Å². The van der Waals surface area contributed by atoms with Crippen molar-refractivity contribution >= 4 is 11.8 Å². The van der Waals surface area contributed by atoms with Gasteiger partial charge in [-0.15, -0.1) is 11.8 Å². The molecule has 1 fully saturated rings. The molecule has 1 heterocycles. The highest BCUT2D eigenvalue weighted by Gasteiger charge is 2.50. The standard InChI is InChI=1S/C12H18S/c1-3-12(2)5-4-10-9(7-12)8-6-11(8)13-10/h8,11H,3-7H2,1-2H3/t8-,11?,12?/m1/s1. The van der Waals surface area contributed by atoms with Crippen molar-refractivity contribution in [3.8, 4) is 0 Å². The lowest BCUT2D eigenvalue weighted by atomic mass is 9.73. The first-order valence-electron chi connectivity index (χ1n) is 5.60. The van der Waals surface area contributed by atoms with Crippen LogP contribution in [0.1, 0.15) is 46.0 Å². The molecule has 0 bridgehead atoms. The minimum Gasteiger partial charge on any atom is -0.127 e. The molecular weight excluding hydrogens is 176 g/mol. The van der Waals surface area contributed by atoms with Crippen LogP contribution in [0.5, 0.6) is 0 Å². The van der Waals surface area contributed by atoms with Crippen molar-refractivity contribution in [2.75, 3.05) is 0 Å². The van der Waals surface area contributed by atoms with E-state index < -0.39 is 0 Å². The SMILES string of the molecule is CCC1(C)CCC2=C(C1)[C@H]1CC1S2. The normalized spacial score (nSPS) is 47.5. The van der Waals surface area contributed by atoms with E-state index in [1.807, 2.05) is 5.57 Å². The molecule has 72 valence electrons. The van der Waals surface area contributed by atoms with E-state index in [-0.39, 0.29) is 0 Å². The third-order valence-corrected chi connectivity index (χ3v) is 5.83. The first kappa shape index (κ1) is 8.40. The fourth-order valence-corrected chi connectivity index (χ4v) is 4.44. The molecule has 1 aliphatic heterocycles. The lowest BCUT2D eigenvalue weighted by Gasteiger charge is -2.34. The van der Waals surface area contributed by atoms with Crippen LogP contribution in [0.25, 0.3) is 0 Å². The Kier molecular flexibility index (Phi) is 1.66. The van der Waals surface area contributed by atoms with Gasteiger partial charge in [0.05, 0.1) is 0 Å². The average molecular weight is 194 g/mol. The van der Waals surface area contributed by atoms with Gasteiger partial charge in [-0.25, -0.2) is 0 Å². The monoisotopic (exact) mass is 194 g/mol. The second-order valence-corrected chi connectivity index (χ2v) is 6.62. The van der Waals surface area contributed by atoms with Crippen molar-refractivity contribution in [3.05, 3.63) is 10.5 Å². The van der Waals surface area contributed by atoms with Gasteiger partial charge < -0.3 is 0 Å². The summed E-state index contributed by atoms with van der Waals surface area (Å²) >= 11 is 2.21. The topological polar surface area (TPSA) is 0 Å². The van der Waals surface area contributed by atoms with Crippen molar-refractivity contribution in [2.45, 2.75) is 51.2 Å². The van der Waals surface area contributed by atoms with Gasteiger partial charge in [-0.1, -0.05) is 25.8 Å². The fraction of sp³-hybridized carbons (Fsp3) is 0.833. The molecule has 13 heavy (non-hydrogen) atoms. The average Bonchev–Trinajstić information content (AvgIpc) is 2.82. The highest BCUT2D eigenvalue weighted by Crippen LogP contribution is 2.63. The molecule has 1 heteroatoms. The first-order chi connectivity index (χ1) is 6.22. The van der Waals surface area contributed by atoms with Gasteiger partial charge in [0.25, 0.3) is 0 Å². The zero-order chi connectivity index (χ0) is 9.05. The van der Waals surface area contributed by atoms with Gasteiger partial charge in [0.1, 0.15) is 0 Å². The molecular formula is C12H18S. The van der Waals surface area contributed by atoms with Crippen molar-refractivity contribution in [2.24, 2.45) is 11.3 Å². The predicted molar refractivity (Wildman–Crippen MR) is 58.8 cm³/mol. The van der Waals surface area contributed by atoms with Gasteiger partial charge in [0.2, 0.25) is 0 Å². The van der Waals surface area contributed by atoms with Gasteiger partial charge in [-0.2, -0.15) is 0 Å². The lowest BCUT2D eigenvalue weighted by Crippen LogP contribution is -2.20. The quantitative estimate of drug-likeness (QED) is 0.608. The van der Waals surface area contributed by atoms with E-state index in [0.29, 0.717) is 5.41 Å². The molecule has 2 aliphatic carbocycles. The molecule has 0 N–H and O–H groups in total. The Bertz CT molecular complexity index is 279. The van der Waals surface area contributed by atoms with Crippen LogP contribution in [0.3, 0.4) is 0 Å². The van der Waals surface area contributed by atoms with Crippen LogP contribution in [0.4, 0.5) is 0 Å². The van der Waals surface area contributed by atoms with E-state index >= 15 is 0 Å². The maximum atomic E-state index is 2.48. The number of thioether (sulfide) groups is 1. The molecule has 2 unspecified atom stereocenters. The lowest BCUT2D eigenvalue weighted by molar-refractivity contribution is 0.266. The van der Waals surface area contributed by atoms with Crippen LogP contribution >= 0.6 is 11.8 Å². The van der Waals surface area contributed by atoms with Crippen LogP contribution < -0.4 is 0 Å². The minimum absolute atomic E-state index is 0.650. The molecule has 0 radical (unpaired) electrons. The second kappa shape index (κ2) is 2.56. The molecule has 0 aromatic carbocycles. The maximum Gasteiger partial charge on any atom is 0.0163 e. The molecule has 0 aromatic rings. The summed E-state index contributed by atoms with van der Waals surface area (Å²) in [5.41, 5.74) is 2.53. The van der Waals surface area contributed by atoms with Crippen molar-refractivity contribution < 1.29 is 0 Å². The smallest absolute Gasteiger partial charge is 0.0163 e. The Morgan fingerprint density at radius 3 is 3.15 bits per heavy atom. The van der Waals surface area contributed by atoms with Crippen molar-refractivity contribution in [1.82, 2.24) is 0 Å². The summed E-state index contributed by atoms with van der Waals surface area (Å²) in [7, 11) is 0. The Morgan fingerprint density at radius 1 is 1.54 bits per heavy atom. The highest BCUT2D eigenvalue weighted by molar-refractivity contribution is 8.04. The Hall–Kier alpha value is 0.0900. The Balaban J connectivity index is 1.86. The van der Waals surface area contributed by atoms with Gasteiger partial charge in [0.15, 0.2) is 0 Å². The van der Waals surface area contributed by atoms with E-state index in [4.69, 9.17) is 0 Å². The number of fused-ring (bicyclic) bond motifs is 2. The molecule has 3 aliphatic rings. The maximum absolute atomic E-state index is 2.48. The van der Waals surface area contributed by atoms with E-state index in [2.05, 4.69) is 25.6 Å². The zero-order valence-corrected chi connectivity index (χ0v) is 9.41. The molecule has 3 atom stereocenters. The summed E-state index contributed by atoms with van der Waals surface area (Å²) in [5.74, 6) is 1.03. The van der Waals surface area contributed by atoms with Crippen LogP contribution in [0.15, 0.2) is 10.5 Å². The molecule has 0 nitrogen and oxygen atoms in total. The van der Waals surface area contributed by atoms with Gasteiger partial charge in [-0.05, 0) is 41.9 Å². The minimum atomic E-state index is 0.650. The number of hydrogen-bond donors (Lipinski definition) is 0. The largest absolute Gasteiger partial charge is 0.127 e. The first-order valence-corrected chi connectivity index (χ1v) is 6.48. The van der Waals surface area contributed by atoms with Crippen LogP contribution in [0.2, 0.25) is 0 Å². The molecule has 0 aromatic heterocycles. The molecule has 0 spiro atoms. The second-order valence-electron chi connectivity index (χ2n) is 5.29. The molecule has 0 amide bonds. The summed E-state index contributed by atoms with van der Waals surface area (Å²) < 4.78 is 0. The van der Waals surface area contributed by atoms with Crippen LogP contribution in [0, 0.1) is 11.3 Å². The fourth-order valence-electron chi connectivity index (χ4n) is 2.85. The number of rotatable bonds is 1. The van der Waals surface area contributed by atoms with Gasteiger partial charge in [-0.3, -0.25) is 0 Å². The molecule has 0 saturated heterocycles. The van der Waals surface area contributed by atoms with Crippen molar-refractivity contribution in [3.63, 3.8) is 0 Å². The predicted octanol–water partition coefficient (Wildman–Crippen LogP) is 3.98. The van der Waals surface area contributed by atoms with E-state index in [1.165, 1.54) is 32.1 Å². The summed E-state index contributed by atoms with van der Waals surface area (Å²) in [5, 5.41) is 1.03. The summed E-state index contributed by atoms with van der Waals surface area (Å²) in [4.78, 5) is 1.80. The van der Waals surface area contributed by atoms with Crippen LogP contribution in [-0.2, 0) is 0 Å². The summed E-state index contributed by atoms with van der Waals surface area (Å²) in [6.07, 6.45) is 7.13. The summed E-state index contributed by atoms with van der Waals surface area (Å²) in [6.45, 7) is 4.84. The van der Waals surface area contributed by atoms with Crippen molar-refractivity contribution in [1.29, 1.82) is 0 Å². The van der Waals surface area contributed by atoms with E-state index in [1.54, 1.807) is 4.91 Å². The van der Waals surface area contributed by atoms with Gasteiger partial charge >= 0.3 is 0 Å². The van der Waals surface area contributed by atoms with Gasteiger partial charge in [0, 0.05) is 5.25 Å². The Labute approximate surface area is 85.2 Å². The molecule has 1 saturated carbocycles. The highest BCUT2D eigenvalue weighted by atomic mass is 32.2. The zero-order valence-electron chi connectivity index (χ0n) is 8.60. The van der Waals surface area contributed by atoms with Crippen LogP contribution in [-0.4, -0.2) is 5.25 Å².